The Morgan fingerprint density at radius 2 is 0.617 bits per heavy atom. The van der Waals surface area contributed by atoms with Crippen LogP contribution in [0.2, 0.25) is 17.7 Å². The van der Waals surface area contributed by atoms with E-state index in [1.165, 1.54) is 103 Å². The number of thiol groups is 4. The summed E-state index contributed by atoms with van der Waals surface area (Å²) in [5, 5.41) is 40.3. The molecule has 0 radical (unpaired) electrons. The molecule has 0 aromatic rings. The Labute approximate surface area is 413 Å². The molecule has 356 valence electrons. The number of hydrogen-bond donors (Lipinski definition) is 4. The van der Waals surface area contributed by atoms with Gasteiger partial charge in [-0.2, -0.15) is 50.5 Å². The van der Waals surface area contributed by atoms with E-state index in [4.69, 9.17) is 0 Å². The molecule has 0 rings (SSSR count). The van der Waals surface area contributed by atoms with Crippen molar-refractivity contribution in [2.45, 2.75) is 226 Å². The third-order valence-corrected chi connectivity index (χ3v) is 17.9. The van der Waals surface area contributed by atoms with Crippen molar-refractivity contribution < 1.29 is 39.6 Å². The summed E-state index contributed by atoms with van der Waals surface area (Å²) in [5.74, 6) is -2.46. The predicted molar refractivity (Wildman–Crippen MR) is 267 cm³/mol. The van der Waals surface area contributed by atoms with Gasteiger partial charge in [0, 0.05) is 23.9 Å². The SMILES string of the molecule is CCCCCCCCC(CCS)C(=O)[O-].CCCCCCCCC(CCS)C(=O)[O-].CCC[CH2][Sn+2][CH2]CCC.CCC[CH2][Sn+2][CH2]CCC.O=C([O-])CCS.O=C([O-])CCS. The van der Waals surface area contributed by atoms with Crippen molar-refractivity contribution in [3.63, 3.8) is 0 Å². The largest absolute Gasteiger partial charge is 0.550 e. The van der Waals surface area contributed by atoms with Crippen molar-refractivity contribution in [3.05, 3.63) is 0 Å². The topological polar surface area (TPSA) is 161 Å². The van der Waals surface area contributed by atoms with Crippen LogP contribution in [0.15, 0.2) is 0 Å². The molecule has 8 nitrogen and oxygen atoms in total. The van der Waals surface area contributed by atoms with Crippen LogP contribution >= 0.6 is 50.5 Å². The molecular formula is C46H92O8S4Sn2. The van der Waals surface area contributed by atoms with E-state index in [0.717, 1.165) is 38.5 Å². The fourth-order valence-electron chi connectivity index (χ4n) is 5.05. The van der Waals surface area contributed by atoms with Crippen molar-refractivity contribution in [1.82, 2.24) is 0 Å². The first-order valence-electron chi connectivity index (χ1n) is 23.5. The number of rotatable bonds is 36. The minimum Gasteiger partial charge on any atom is -0.550 e. The fourth-order valence-corrected chi connectivity index (χ4v) is 14.4. The summed E-state index contributed by atoms with van der Waals surface area (Å²) in [6.45, 7) is 13.6. The molecule has 2 unspecified atom stereocenters. The van der Waals surface area contributed by atoms with Gasteiger partial charge < -0.3 is 39.6 Å². The second kappa shape index (κ2) is 68.9. The van der Waals surface area contributed by atoms with Gasteiger partial charge in [-0.1, -0.05) is 90.9 Å². The summed E-state index contributed by atoms with van der Waals surface area (Å²) in [7, 11) is 0. The maximum absolute atomic E-state index is 10.7. The van der Waals surface area contributed by atoms with Gasteiger partial charge in [0.15, 0.2) is 0 Å². The third-order valence-electron chi connectivity index (χ3n) is 8.89. The van der Waals surface area contributed by atoms with Crippen LogP contribution in [0.4, 0.5) is 0 Å². The first-order chi connectivity index (χ1) is 28.8. The molecule has 0 N–H and O–H groups in total. The Hall–Kier alpha value is 0.877. The summed E-state index contributed by atoms with van der Waals surface area (Å²) in [6, 6.07) is 0. The third kappa shape index (κ3) is 82.6. The van der Waals surface area contributed by atoms with E-state index < -0.39 is 23.9 Å². The van der Waals surface area contributed by atoms with Crippen molar-refractivity contribution >= 4 is 117 Å². The molecule has 0 bridgehead atoms. The van der Waals surface area contributed by atoms with Gasteiger partial charge >= 0.3 is 139 Å². The van der Waals surface area contributed by atoms with Crippen LogP contribution in [-0.4, -0.2) is 89.2 Å². The fraction of sp³-hybridized carbons (Fsp3) is 0.913. The molecule has 0 aliphatic carbocycles. The van der Waals surface area contributed by atoms with E-state index >= 15 is 0 Å². The minimum absolute atomic E-state index is 0.0448. The molecular weight excluding hydrogens is 1050 g/mol. The van der Waals surface area contributed by atoms with Gasteiger partial charge in [0.25, 0.3) is 0 Å². The predicted octanol–water partition coefficient (Wildman–Crippen LogP) is 9.21. The van der Waals surface area contributed by atoms with E-state index in [-0.39, 0.29) is 67.0 Å². The van der Waals surface area contributed by atoms with Crippen LogP contribution < -0.4 is 20.4 Å². The molecule has 0 spiro atoms. The van der Waals surface area contributed by atoms with Gasteiger partial charge in [-0.3, -0.25) is 0 Å². The van der Waals surface area contributed by atoms with Crippen LogP contribution in [-0.2, 0) is 19.2 Å². The van der Waals surface area contributed by atoms with E-state index in [0.29, 0.717) is 35.9 Å². The maximum Gasteiger partial charge on any atom is 0.0422 e. The van der Waals surface area contributed by atoms with E-state index in [9.17, 15) is 39.6 Å². The molecule has 2 atom stereocenters. The number of hydrogen-bond acceptors (Lipinski definition) is 12. The second-order valence-corrected chi connectivity index (χ2v) is 25.1. The van der Waals surface area contributed by atoms with Gasteiger partial charge in [-0.05, 0) is 73.4 Å². The smallest absolute Gasteiger partial charge is 0.0422 e. The first-order valence-corrected chi connectivity index (χ1v) is 34.1. The normalized spacial score (nSPS) is 10.7. The van der Waals surface area contributed by atoms with Crippen molar-refractivity contribution in [1.29, 1.82) is 0 Å². The van der Waals surface area contributed by atoms with Crippen LogP contribution in [0.25, 0.3) is 0 Å². The van der Waals surface area contributed by atoms with Crippen LogP contribution in [0, 0.1) is 11.8 Å². The van der Waals surface area contributed by atoms with Gasteiger partial charge in [-0.15, -0.1) is 0 Å². The molecule has 0 aliphatic heterocycles. The molecule has 0 saturated heterocycles. The Balaban J connectivity index is -0.000000151. The van der Waals surface area contributed by atoms with E-state index in [1.54, 1.807) is 17.7 Å². The molecule has 0 heterocycles. The number of carbonyl (C=O) groups is 4. The van der Waals surface area contributed by atoms with E-state index in [2.05, 4.69) is 92.1 Å². The van der Waals surface area contributed by atoms with Crippen LogP contribution in [0.5, 0.6) is 0 Å². The van der Waals surface area contributed by atoms with Gasteiger partial charge in [0.1, 0.15) is 0 Å². The average Bonchev–Trinajstić information content (AvgIpc) is 3.20. The minimum atomic E-state index is -1.04. The summed E-state index contributed by atoms with van der Waals surface area (Å²) in [6.07, 6.45) is 29.0. The number of carbonyl (C=O) groups excluding carboxylic acids is 4. The zero-order chi connectivity index (χ0) is 46.9. The molecule has 0 aliphatic rings. The summed E-state index contributed by atoms with van der Waals surface area (Å²) in [4.78, 5) is 40.3. The summed E-state index contributed by atoms with van der Waals surface area (Å²) < 4.78 is 6.50. The first kappa shape index (κ1) is 72.5. The molecule has 0 amide bonds. The van der Waals surface area contributed by atoms with Crippen molar-refractivity contribution in [2.24, 2.45) is 11.8 Å². The Morgan fingerprint density at radius 1 is 0.367 bits per heavy atom. The molecule has 60 heavy (non-hydrogen) atoms. The Bertz CT molecular complexity index is 770. The quantitative estimate of drug-likeness (QED) is 0.0275. The van der Waals surface area contributed by atoms with Crippen LogP contribution in [0.1, 0.15) is 208 Å². The number of aliphatic carboxylic acids is 4. The molecule has 0 aromatic heterocycles. The molecule has 0 saturated carbocycles. The number of carboxylic acid groups (broad SMARTS) is 4. The van der Waals surface area contributed by atoms with Crippen molar-refractivity contribution in [2.75, 3.05) is 23.0 Å². The average molecular weight is 1140 g/mol. The van der Waals surface area contributed by atoms with Crippen molar-refractivity contribution in [3.8, 4) is 0 Å². The Kier molecular flexibility index (Phi) is 83.3. The zero-order valence-corrected chi connectivity index (χ0v) is 48.5. The van der Waals surface area contributed by atoms with Gasteiger partial charge in [0.05, 0.1) is 0 Å². The monoisotopic (exact) mass is 1140 g/mol. The number of carboxylic acids is 4. The molecule has 14 heteroatoms. The van der Waals surface area contributed by atoms with Crippen LogP contribution in [0.3, 0.4) is 0 Å². The van der Waals surface area contributed by atoms with Gasteiger partial charge in [-0.25, -0.2) is 0 Å². The second-order valence-electron chi connectivity index (χ2n) is 14.8. The maximum atomic E-state index is 10.7. The van der Waals surface area contributed by atoms with E-state index in [1.807, 2.05) is 0 Å². The standard InChI is InChI=1S/2C12H24O2S.4C4H9.2C3H6O2S.2Sn/c2*1-2-3-4-5-6-7-8-11(9-10-15)12(13)14;4*1-3-4-2;2*4-3(5)1-2-6;;/h2*11,15H,2-10H2,1H3,(H,13,14);4*1,3-4H2,2H3;2*6H,1-2H2,(H,4,5);;/q;;;;;;;;2*+2/p-4. The molecule has 0 fully saturated rings. The summed E-state index contributed by atoms with van der Waals surface area (Å²) in [5.41, 5.74) is 0. The molecule has 0 aromatic carbocycles. The Morgan fingerprint density at radius 3 is 0.800 bits per heavy atom. The number of unbranched alkanes of at least 4 members (excludes halogenated alkanes) is 14. The van der Waals surface area contributed by atoms with Gasteiger partial charge in [0.2, 0.25) is 0 Å². The summed E-state index contributed by atoms with van der Waals surface area (Å²) >= 11 is 15.7. The zero-order valence-electron chi connectivity index (χ0n) is 39.3.